The molecule has 0 radical (unpaired) electrons. The average molecular weight is 375 g/mol. The Morgan fingerprint density at radius 2 is 1.92 bits per heavy atom. The number of sulfone groups is 1. The maximum atomic E-state index is 14.3. The minimum Gasteiger partial charge on any atom is -0.490 e. The van der Waals surface area contributed by atoms with Crippen LogP contribution in [0.15, 0.2) is 17.0 Å². The molecule has 1 aromatic carbocycles. The van der Waals surface area contributed by atoms with Crippen LogP contribution in [-0.2, 0) is 9.84 Å². The van der Waals surface area contributed by atoms with E-state index in [1.54, 1.807) is 6.92 Å². The van der Waals surface area contributed by atoms with Gasteiger partial charge in [0.05, 0.1) is 16.4 Å². The summed E-state index contributed by atoms with van der Waals surface area (Å²) in [4.78, 5) is -0.544. The van der Waals surface area contributed by atoms with Crippen molar-refractivity contribution in [3.05, 3.63) is 23.3 Å². The molecule has 5 nitrogen and oxygen atoms in total. The Bertz CT molecular complexity index is 872. The van der Waals surface area contributed by atoms with Gasteiger partial charge in [0.2, 0.25) is 0 Å². The Kier molecular flexibility index (Phi) is 3.86. The van der Waals surface area contributed by atoms with Gasteiger partial charge in [-0.1, -0.05) is 0 Å². The third kappa shape index (κ3) is 2.68. The second kappa shape index (κ2) is 5.35. The molecule has 0 heterocycles. The first-order chi connectivity index (χ1) is 11.4. The number of fused-ring (bicyclic) bond motifs is 1. The fourth-order valence-corrected chi connectivity index (χ4v) is 4.33. The van der Waals surface area contributed by atoms with Crippen molar-refractivity contribution in [2.45, 2.75) is 49.0 Å². The molecule has 2 aliphatic rings. The van der Waals surface area contributed by atoms with E-state index in [1.165, 1.54) is 0 Å². The summed E-state index contributed by atoms with van der Waals surface area (Å²) in [7, 11) is -3.95. The molecule has 0 bridgehead atoms. The quantitative estimate of drug-likeness (QED) is 0.878. The predicted molar refractivity (Wildman–Crippen MR) is 80.7 cm³/mol. The standard InChI is InChI=1S/C16H16F3NO4S/c1-15(7-20)5-8(6-15)24-9-3-4-10(25(2,22)23)12-11(9)13(17)16(18,19)14(12)21/h3-4,8,13-14,21H,5-6H2,1-2H3/t8?,13-,14+,15?/m1/s1. The Morgan fingerprint density at radius 1 is 1.32 bits per heavy atom. The second-order valence-corrected chi connectivity index (χ2v) is 8.91. The molecule has 0 saturated heterocycles. The summed E-state index contributed by atoms with van der Waals surface area (Å²) in [6.07, 6.45) is -4.42. The molecule has 0 aromatic heterocycles. The van der Waals surface area contributed by atoms with Crippen LogP contribution in [0.25, 0.3) is 0 Å². The lowest BCUT2D eigenvalue weighted by molar-refractivity contribution is -0.144. The highest BCUT2D eigenvalue weighted by atomic mass is 32.2. The van der Waals surface area contributed by atoms with E-state index >= 15 is 0 Å². The van der Waals surface area contributed by atoms with Crippen LogP contribution in [0.3, 0.4) is 0 Å². The van der Waals surface area contributed by atoms with Gasteiger partial charge in [-0.15, -0.1) is 0 Å². The summed E-state index contributed by atoms with van der Waals surface area (Å²) in [5, 5.41) is 18.8. The molecular formula is C16H16F3NO4S. The topological polar surface area (TPSA) is 87.4 Å². The molecule has 1 saturated carbocycles. The molecule has 0 aliphatic heterocycles. The number of rotatable bonds is 3. The molecule has 25 heavy (non-hydrogen) atoms. The predicted octanol–water partition coefficient (Wildman–Crippen LogP) is 2.85. The van der Waals surface area contributed by atoms with Crippen molar-refractivity contribution in [3.8, 4) is 11.8 Å². The van der Waals surface area contributed by atoms with Gasteiger partial charge in [-0.05, 0) is 19.1 Å². The highest BCUT2D eigenvalue weighted by Gasteiger charge is 2.59. The zero-order valence-electron chi connectivity index (χ0n) is 13.5. The Morgan fingerprint density at radius 3 is 2.44 bits per heavy atom. The molecule has 1 N–H and O–H groups in total. The summed E-state index contributed by atoms with van der Waals surface area (Å²) in [5.41, 5.74) is -1.87. The van der Waals surface area contributed by atoms with Crippen LogP contribution in [0.2, 0.25) is 0 Å². The van der Waals surface area contributed by atoms with E-state index in [1.807, 2.05) is 0 Å². The molecule has 136 valence electrons. The summed E-state index contributed by atoms with van der Waals surface area (Å²) in [5.74, 6) is -4.38. The number of aliphatic hydroxyl groups is 1. The van der Waals surface area contributed by atoms with Crippen LogP contribution in [-0.4, -0.2) is 31.8 Å². The van der Waals surface area contributed by atoms with Gasteiger partial charge in [-0.25, -0.2) is 12.8 Å². The minimum atomic E-state index is -4.15. The van der Waals surface area contributed by atoms with Crippen molar-refractivity contribution in [3.63, 3.8) is 0 Å². The van der Waals surface area contributed by atoms with Crippen molar-refractivity contribution < 1.29 is 31.4 Å². The van der Waals surface area contributed by atoms with Gasteiger partial charge >= 0.3 is 5.92 Å². The van der Waals surface area contributed by atoms with Crippen LogP contribution in [0.4, 0.5) is 13.2 Å². The first kappa shape index (κ1) is 18.0. The molecule has 1 fully saturated rings. The van der Waals surface area contributed by atoms with E-state index in [0.29, 0.717) is 12.8 Å². The maximum Gasteiger partial charge on any atom is 0.312 e. The van der Waals surface area contributed by atoms with Crippen LogP contribution in [0.5, 0.6) is 5.75 Å². The highest BCUT2D eigenvalue weighted by molar-refractivity contribution is 7.90. The van der Waals surface area contributed by atoms with E-state index in [4.69, 9.17) is 10.00 Å². The molecule has 0 unspecified atom stereocenters. The lowest BCUT2D eigenvalue weighted by atomic mass is 9.69. The van der Waals surface area contributed by atoms with Crippen molar-refractivity contribution in [1.29, 1.82) is 5.26 Å². The lowest BCUT2D eigenvalue weighted by Crippen LogP contribution is -2.41. The number of nitriles is 1. The summed E-state index contributed by atoms with van der Waals surface area (Å²) < 4.78 is 71.4. The number of hydrogen-bond donors (Lipinski definition) is 1. The van der Waals surface area contributed by atoms with Gasteiger partial charge in [0.1, 0.15) is 18.0 Å². The monoisotopic (exact) mass is 375 g/mol. The van der Waals surface area contributed by atoms with E-state index in [-0.39, 0.29) is 5.75 Å². The molecule has 1 aromatic rings. The van der Waals surface area contributed by atoms with Crippen molar-refractivity contribution in [2.24, 2.45) is 5.41 Å². The number of benzene rings is 1. The zero-order chi connectivity index (χ0) is 18.8. The van der Waals surface area contributed by atoms with Gasteiger partial charge in [0.15, 0.2) is 16.0 Å². The fourth-order valence-electron chi connectivity index (χ4n) is 3.39. The van der Waals surface area contributed by atoms with E-state index in [0.717, 1.165) is 18.4 Å². The van der Waals surface area contributed by atoms with Crippen molar-refractivity contribution in [2.75, 3.05) is 6.26 Å². The third-order valence-electron chi connectivity index (χ3n) is 4.76. The van der Waals surface area contributed by atoms with Crippen LogP contribution in [0.1, 0.15) is 43.2 Å². The fraction of sp³-hybridized carbons (Fsp3) is 0.562. The molecule has 3 rings (SSSR count). The zero-order valence-corrected chi connectivity index (χ0v) is 14.3. The second-order valence-electron chi connectivity index (χ2n) is 6.92. The lowest BCUT2D eigenvalue weighted by Gasteiger charge is -2.39. The summed E-state index contributed by atoms with van der Waals surface area (Å²) in [6.45, 7) is 1.72. The number of nitrogens with zero attached hydrogens (tertiary/aromatic N) is 1. The SMILES string of the molecule is CC1(C#N)CC(Oc2ccc(S(C)(=O)=O)c3c2[C@@H](F)C(F)(F)[C@H]3O)C1. The first-order valence-corrected chi connectivity index (χ1v) is 9.44. The Labute approximate surface area is 142 Å². The van der Waals surface area contributed by atoms with Crippen LogP contribution >= 0.6 is 0 Å². The Balaban J connectivity index is 2.05. The molecular weight excluding hydrogens is 359 g/mol. The number of halogens is 3. The normalized spacial score (nSPS) is 33.2. The maximum absolute atomic E-state index is 14.3. The van der Waals surface area contributed by atoms with Gasteiger partial charge in [0, 0.05) is 30.2 Å². The van der Waals surface area contributed by atoms with Crippen molar-refractivity contribution in [1.82, 2.24) is 0 Å². The summed E-state index contributed by atoms with van der Waals surface area (Å²) in [6, 6.07) is 4.26. The van der Waals surface area contributed by atoms with Crippen LogP contribution in [0, 0.1) is 16.7 Å². The largest absolute Gasteiger partial charge is 0.490 e. The van der Waals surface area contributed by atoms with Gasteiger partial charge < -0.3 is 9.84 Å². The minimum absolute atomic E-state index is 0.226. The first-order valence-electron chi connectivity index (χ1n) is 7.55. The molecule has 2 aliphatic carbocycles. The van der Waals surface area contributed by atoms with E-state index in [9.17, 15) is 26.7 Å². The Hall–Kier alpha value is -1.79. The number of ether oxygens (including phenoxy) is 1. The number of aliphatic hydroxyl groups excluding tert-OH is 1. The smallest absolute Gasteiger partial charge is 0.312 e. The molecule has 0 amide bonds. The average Bonchev–Trinajstić information content (AvgIpc) is 2.66. The van der Waals surface area contributed by atoms with Gasteiger partial charge in [0.25, 0.3) is 0 Å². The number of alkyl halides is 3. The number of hydrogen-bond acceptors (Lipinski definition) is 5. The van der Waals surface area contributed by atoms with Crippen molar-refractivity contribution >= 4 is 9.84 Å². The van der Waals surface area contributed by atoms with Gasteiger partial charge in [-0.3, -0.25) is 0 Å². The van der Waals surface area contributed by atoms with Crippen LogP contribution < -0.4 is 4.74 Å². The van der Waals surface area contributed by atoms with Gasteiger partial charge in [-0.2, -0.15) is 14.0 Å². The van der Waals surface area contributed by atoms with E-state index < -0.39 is 55.6 Å². The molecule has 0 spiro atoms. The summed E-state index contributed by atoms with van der Waals surface area (Å²) >= 11 is 0. The molecule has 9 heteroatoms. The third-order valence-corrected chi connectivity index (χ3v) is 5.91. The molecule has 2 atom stereocenters. The van der Waals surface area contributed by atoms with E-state index in [2.05, 4.69) is 6.07 Å². The highest BCUT2D eigenvalue weighted by Crippen LogP contribution is 2.57.